The van der Waals surface area contributed by atoms with E-state index in [1.54, 1.807) is 60.7 Å². The lowest BCUT2D eigenvalue weighted by atomic mass is 9.63. The summed E-state index contributed by atoms with van der Waals surface area (Å²) >= 11 is 0. The standard InChI is InChI=1S/C47H31NO/c1-4-16-34(17-5-1)47(35-18-6-2-7-19-35)41-25-12-13-26-43(41)49-44-30-28-33(31-42(44)47)38-23-14-24-39-40-29-27-32-15-10-11-22-37(32)45(40)48(46(38)39)36-20-8-3-9-21-36/h1-31H/i3D,8D,9D,10D,11D,12D,13D,14D,15D,20D,21D,22D,23D,24D,25D,26D,27D,28D,29D,30D,31D. The molecule has 8 aromatic carbocycles. The minimum absolute atomic E-state index is 0.186. The summed E-state index contributed by atoms with van der Waals surface area (Å²) in [7, 11) is 0. The van der Waals surface area contributed by atoms with E-state index in [0.717, 1.165) is 4.57 Å². The first-order chi connectivity index (χ1) is 33.1. The quantitative estimate of drug-likeness (QED) is 0.186. The minimum atomic E-state index is -2.01. The normalized spacial score (nSPS) is 19.2. The van der Waals surface area contributed by atoms with Gasteiger partial charge in [0.1, 0.15) is 11.5 Å². The smallest absolute Gasteiger partial charge is 0.132 e. The number of para-hydroxylation sites is 3. The molecule has 10 rings (SSSR count). The zero-order valence-corrected chi connectivity index (χ0v) is 25.1. The molecule has 0 saturated carbocycles. The molecule has 0 spiro atoms. The number of hydrogen-bond donors (Lipinski definition) is 0. The number of rotatable bonds is 4. The Kier molecular flexibility index (Phi) is 3.09. The van der Waals surface area contributed by atoms with Crippen molar-refractivity contribution in [1.82, 2.24) is 4.57 Å². The van der Waals surface area contributed by atoms with Crippen LogP contribution in [0.4, 0.5) is 0 Å². The van der Waals surface area contributed by atoms with Crippen LogP contribution in [0, 0.1) is 0 Å². The highest BCUT2D eigenvalue weighted by Gasteiger charge is 2.45. The van der Waals surface area contributed by atoms with E-state index in [9.17, 15) is 15.1 Å². The number of hydrogen-bond acceptors (Lipinski definition) is 1. The third-order valence-electron chi connectivity index (χ3n) is 8.78. The van der Waals surface area contributed by atoms with Crippen molar-refractivity contribution in [1.29, 1.82) is 0 Å². The van der Waals surface area contributed by atoms with Crippen LogP contribution in [0.5, 0.6) is 11.5 Å². The molecule has 0 saturated heterocycles. The Bertz CT molecular complexity index is 3800. The van der Waals surface area contributed by atoms with Crippen molar-refractivity contribution in [2.75, 3.05) is 0 Å². The number of aromatic nitrogens is 1. The molecule has 49 heavy (non-hydrogen) atoms. The van der Waals surface area contributed by atoms with Crippen molar-refractivity contribution >= 4 is 32.6 Å². The molecular formula is C47H31NO. The van der Waals surface area contributed by atoms with E-state index in [0.29, 0.717) is 11.1 Å². The molecule has 0 unspecified atom stereocenters. The summed E-state index contributed by atoms with van der Waals surface area (Å²) in [6.07, 6.45) is 0. The highest BCUT2D eigenvalue weighted by Crippen LogP contribution is 2.56. The van der Waals surface area contributed by atoms with Gasteiger partial charge in [0.25, 0.3) is 0 Å². The fourth-order valence-corrected chi connectivity index (χ4v) is 6.82. The Balaban J connectivity index is 1.54. The van der Waals surface area contributed by atoms with E-state index >= 15 is 0 Å². The maximum absolute atomic E-state index is 10.4. The summed E-state index contributed by atoms with van der Waals surface area (Å²) in [5, 5.41) is -1.99. The van der Waals surface area contributed by atoms with Crippen molar-refractivity contribution in [3.05, 3.63) is 210 Å². The average Bonchev–Trinajstić information content (AvgIpc) is 3.70. The van der Waals surface area contributed by atoms with Crippen molar-refractivity contribution < 1.29 is 33.5 Å². The van der Waals surface area contributed by atoms with Gasteiger partial charge in [-0.05, 0) is 52.3 Å². The van der Waals surface area contributed by atoms with Gasteiger partial charge in [0.05, 0.1) is 45.2 Å². The second kappa shape index (κ2) is 10.8. The summed E-state index contributed by atoms with van der Waals surface area (Å²) in [6, 6.07) is -0.226. The predicted molar refractivity (Wildman–Crippen MR) is 202 cm³/mol. The van der Waals surface area contributed by atoms with Gasteiger partial charge in [0.2, 0.25) is 0 Å². The van der Waals surface area contributed by atoms with Gasteiger partial charge in [-0.3, -0.25) is 0 Å². The second-order valence-corrected chi connectivity index (χ2v) is 11.2. The largest absolute Gasteiger partial charge is 0.457 e. The minimum Gasteiger partial charge on any atom is -0.457 e. The van der Waals surface area contributed by atoms with E-state index in [4.69, 9.17) is 18.4 Å². The number of fused-ring (bicyclic) bond motifs is 7. The molecular weight excluding hydrogens is 595 g/mol. The molecule has 0 amide bonds. The molecule has 1 aromatic heterocycles. The van der Waals surface area contributed by atoms with Crippen LogP contribution in [-0.4, -0.2) is 4.57 Å². The fraction of sp³-hybridized carbons (Fsp3) is 0.0213. The molecule has 0 fully saturated rings. The Morgan fingerprint density at radius 3 is 1.94 bits per heavy atom. The summed E-state index contributed by atoms with van der Waals surface area (Å²) in [5.41, 5.74) is -4.93. The van der Waals surface area contributed by atoms with Crippen LogP contribution in [0.15, 0.2) is 188 Å². The number of ether oxygens (including phenoxy) is 1. The molecule has 0 atom stereocenters. The SMILES string of the molecule is [2H]c1c([2H])c([2H])c(-n2c3c(-c4c([2H])c([2H])c5c(c4[2H])C(c4ccccc4)(c4ccccc4)c4c([2H])c([2H])c([2H])c([2H])c4O5)c([2H])c([2H])c([2H])c3c3c([2H])c([2H])c4c([2H])c([2H])c([2H])c([2H])c4c32)c([2H])c1[2H]. The molecule has 1 aliphatic heterocycles. The molecule has 230 valence electrons. The molecule has 2 nitrogen and oxygen atoms in total. The lowest BCUT2D eigenvalue weighted by Crippen LogP contribution is -2.34. The van der Waals surface area contributed by atoms with E-state index in [1.165, 1.54) is 0 Å². The third-order valence-corrected chi connectivity index (χ3v) is 8.78. The van der Waals surface area contributed by atoms with Crippen LogP contribution in [0.25, 0.3) is 49.4 Å². The van der Waals surface area contributed by atoms with E-state index in [2.05, 4.69) is 0 Å². The Labute approximate surface area is 314 Å². The van der Waals surface area contributed by atoms with Crippen LogP contribution in [0.3, 0.4) is 0 Å². The monoisotopic (exact) mass is 646 g/mol. The average molecular weight is 647 g/mol. The molecule has 1 aliphatic rings. The highest BCUT2D eigenvalue weighted by atomic mass is 16.5. The van der Waals surface area contributed by atoms with Crippen molar-refractivity contribution in [2.45, 2.75) is 5.41 Å². The van der Waals surface area contributed by atoms with Crippen LogP contribution < -0.4 is 4.74 Å². The maximum atomic E-state index is 10.4. The van der Waals surface area contributed by atoms with Gasteiger partial charge in [0, 0.05) is 38.5 Å². The van der Waals surface area contributed by atoms with Gasteiger partial charge in [-0.25, -0.2) is 0 Å². The van der Waals surface area contributed by atoms with Gasteiger partial charge < -0.3 is 9.30 Å². The zero-order chi connectivity index (χ0) is 50.6. The summed E-state index contributed by atoms with van der Waals surface area (Å²) in [6.45, 7) is 0. The van der Waals surface area contributed by atoms with Crippen LogP contribution in [-0.2, 0) is 5.41 Å². The molecule has 2 heteroatoms. The third kappa shape index (κ3) is 4.01. The van der Waals surface area contributed by atoms with Gasteiger partial charge in [-0.1, -0.05) is 157 Å². The molecule has 0 bridgehead atoms. The molecule has 2 heterocycles. The van der Waals surface area contributed by atoms with E-state index in [-0.39, 0.29) is 11.1 Å². The fourth-order valence-electron chi connectivity index (χ4n) is 6.82. The Morgan fingerprint density at radius 1 is 0.490 bits per heavy atom. The van der Waals surface area contributed by atoms with Crippen molar-refractivity contribution in [2.24, 2.45) is 0 Å². The Morgan fingerprint density at radius 2 is 1.14 bits per heavy atom. The van der Waals surface area contributed by atoms with Crippen LogP contribution >= 0.6 is 0 Å². The Hall–Kier alpha value is -6.38. The number of nitrogens with zero attached hydrogens (tertiary/aromatic N) is 1. The van der Waals surface area contributed by atoms with Crippen molar-refractivity contribution in [3.8, 4) is 28.3 Å². The van der Waals surface area contributed by atoms with Gasteiger partial charge in [-0.15, -0.1) is 0 Å². The lowest BCUT2D eigenvalue weighted by Gasteiger charge is -2.41. The zero-order valence-electron chi connectivity index (χ0n) is 46.1. The summed E-state index contributed by atoms with van der Waals surface area (Å²) in [4.78, 5) is 0. The van der Waals surface area contributed by atoms with E-state index in [1.807, 2.05) is 0 Å². The van der Waals surface area contributed by atoms with Gasteiger partial charge >= 0.3 is 0 Å². The molecule has 0 aliphatic carbocycles. The lowest BCUT2D eigenvalue weighted by molar-refractivity contribution is 0.434. The first-order valence-corrected chi connectivity index (χ1v) is 15.2. The van der Waals surface area contributed by atoms with E-state index < -0.39 is 193 Å². The van der Waals surface area contributed by atoms with Gasteiger partial charge in [0.15, 0.2) is 0 Å². The molecule has 9 aromatic rings. The van der Waals surface area contributed by atoms with Crippen molar-refractivity contribution in [3.63, 3.8) is 0 Å². The predicted octanol–water partition coefficient (Wildman–Crippen LogP) is 12.1. The maximum Gasteiger partial charge on any atom is 0.132 e. The van der Waals surface area contributed by atoms with Crippen LogP contribution in [0.2, 0.25) is 0 Å². The van der Waals surface area contributed by atoms with Crippen LogP contribution in [0.1, 0.15) is 51.0 Å². The molecule has 0 N–H and O–H groups in total. The summed E-state index contributed by atoms with van der Waals surface area (Å²) < 4.78 is 200. The topological polar surface area (TPSA) is 14.2 Å². The van der Waals surface area contributed by atoms with Gasteiger partial charge in [-0.2, -0.15) is 0 Å². The summed E-state index contributed by atoms with van der Waals surface area (Å²) in [5.74, 6) is -0.899. The number of benzene rings is 8. The first-order valence-electron chi connectivity index (χ1n) is 25.7. The molecule has 0 radical (unpaired) electrons. The highest BCUT2D eigenvalue weighted by molar-refractivity contribution is 6.21. The second-order valence-electron chi connectivity index (χ2n) is 11.2. The first kappa shape index (κ1) is 14.0.